The van der Waals surface area contributed by atoms with Crippen molar-refractivity contribution in [3.8, 4) is 0 Å². The van der Waals surface area contributed by atoms with E-state index in [1.807, 2.05) is 23.1 Å². The van der Waals surface area contributed by atoms with Crippen LogP contribution in [-0.2, 0) is 14.8 Å². The van der Waals surface area contributed by atoms with Crippen LogP contribution >= 0.6 is 23.4 Å². The number of sulfonamides is 1. The molecule has 34 heavy (non-hydrogen) atoms. The van der Waals surface area contributed by atoms with E-state index in [1.165, 1.54) is 30.1 Å². The molecule has 0 aliphatic carbocycles. The quantitative estimate of drug-likeness (QED) is 0.397. The van der Waals surface area contributed by atoms with Gasteiger partial charge in [-0.3, -0.25) is 4.79 Å². The molecule has 0 unspecified atom stereocenters. The Hall–Kier alpha value is -2.86. The zero-order valence-electron chi connectivity index (χ0n) is 18.3. The van der Waals surface area contributed by atoms with Gasteiger partial charge in [0.15, 0.2) is 5.82 Å². The number of nitrogens with one attached hydrogen (secondary N) is 2. The summed E-state index contributed by atoms with van der Waals surface area (Å²) in [5, 5.41) is 11.7. The number of thioether (sulfide) groups is 1. The van der Waals surface area contributed by atoms with E-state index in [-0.39, 0.29) is 16.8 Å². The Morgan fingerprint density at radius 1 is 1.15 bits per heavy atom. The topological polar surface area (TPSA) is 130 Å². The molecule has 0 saturated heterocycles. The zero-order valence-corrected chi connectivity index (χ0v) is 20.7. The SMILES string of the molecule is CCCCN1C(=O)CSc2ccc(Nc3nc(Nc4ccc(S(N)(=O)=O)cc4)ncc3Cl)cc21. The molecule has 1 amide bonds. The first kappa shape index (κ1) is 24.3. The second-order valence-electron chi connectivity index (χ2n) is 7.58. The van der Waals surface area contributed by atoms with E-state index >= 15 is 0 Å². The van der Waals surface area contributed by atoms with Crippen LogP contribution in [0.25, 0.3) is 0 Å². The minimum Gasteiger partial charge on any atom is -0.339 e. The van der Waals surface area contributed by atoms with E-state index in [2.05, 4.69) is 27.5 Å². The summed E-state index contributed by atoms with van der Waals surface area (Å²) >= 11 is 7.85. The number of unbranched alkanes of at least 4 members (excludes halogenated alkanes) is 1. The number of anilines is 5. The lowest BCUT2D eigenvalue weighted by molar-refractivity contribution is -0.116. The molecule has 0 atom stereocenters. The fraction of sp³-hybridized carbons (Fsp3) is 0.227. The van der Waals surface area contributed by atoms with Gasteiger partial charge in [-0.15, -0.1) is 11.8 Å². The van der Waals surface area contributed by atoms with Crippen LogP contribution in [-0.4, -0.2) is 36.6 Å². The molecule has 1 aliphatic heterocycles. The Morgan fingerprint density at radius 3 is 2.59 bits per heavy atom. The van der Waals surface area contributed by atoms with Crippen LogP contribution in [0, 0.1) is 0 Å². The van der Waals surface area contributed by atoms with Gasteiger partial charge in [0, 0.05) is 22.8 Å². The summed E-state index contributed by atoms with van der Waals surface area (Å²) in [6.07, 6.45) is 3.39. The highest BCUT2D eigenvalue weighted by Gasteiger charge is 2.24. The molecular weight excluding hydrogens is 496 g/mol. The molecule has 4 N–H and O–H groups in total. The zero-order chi connectivity index (χ0) is 24.3. The van der Waals surface area contributed by atoms with Crippen molar-refractivity contribution < 1.29 is 13.2 Å². The van der Waals surface area contributed by atoms with Crippen molar-refractivity contribution in [3.63, 3.8) is 0 Å². The number of aromatic nitrogens is 2. The Labute approximate surface area is 207 Å². The average Bonchev–Trinajstić information content (AvgIpc) is 2.80. The summed E-state index contributed by atoms with van der Waals surface area (Å²) < 4.78 is 22.8. The van der Waals surface area contributed by atoms with Crippen LogP contribution in [0.1, 0.15) is 19.8 Å². The molecule has 2 aromatic carbocycles. The number of fused-ring (bicyclic) bond motifs is 1. The molecule has 0 radical (unpaired) electrons. The number of hydrogen-bond donors (Lipinski definition) is 3. The summed E-state index contributed by atoms with van der Waals surface area (Å²) in [6.45, 7) is 2.78. The van der Waals surface area contributed by atoms with Crippen molar-refractivity contribution in [2.24, 2.45) is 5.14 Å². The largest absolute Gasteiger partial charge is 0.339 e. The highest BCUT2D eigenvalue weighted by Crippen LogP contribution is 2.38. The van der Waals surface area contributed by atoms with Crippen molar-refractivity contribution >= 4 is 68.1 Å². The standard InChI is InChI=1S/C22H23ClN6O3S2/c1-2-3-10-29-18-11-15(6-9-19(18)33-13-20(29)30)26-21-17(23)12-25-22(28-21)27-14-4-7-16(8-5-14)34(24,31)32/h4-9,11-12H,2-3,10,13H2,1H3,(H2,24,31,32)(H2,25,26,27,28). The minimum atomic E-state index is -3.77. The molecule has 2 heterocycles. The number of hydrogen-bond acceptors (Lipinski definition) is 8. The van der Waals surface area contributed by atoms with Gasteiger partial charge < -0.3 is 15.5 Å². The molecule has 0 saturated carbocycles. The first-order chi connectivity index (χ1) is 16.2. The van der Waals surface area contributed by atoms with Gasteiger partial charge in [-0.25, -0.2) is 18.5 Å². The molecule has 9 nitrogen and oxygen atoms in total. The maximum atomic E-state index is 12.5. The van der Waals surface area contributed by atoms with Gasteiger partial charge in [0.05, 0.1) is 22.5 Å². The summed E-state index contributed by atoms with van der Waals surface area (Å²) in [5.41, 5.74) is 2.19. The summed E-state index contributed by atoms with van der Waals surface area (Å²) in [6, 6.07) is 11.7. The number of halogens is 1. The normalized spacial score (nSPS) is 13.5. The van der Waals surface area contributed by atoms with Gasteiger partial charge in [-0.05, 0) is 48.9 Å². The predicted molar refractivity (Wildman–Crippen MR) is 136 cm³/mol. The minimum absolute atomic E-state index is 0.00876. The third-order valence-electron chi connectivity index (χ3n) is 5.08. The van der Waals surface area contributed by atoms with E-state index < -0.39 is 10.0 Å². The number of benzene rings is 2. The maximum absolute atomic E-state index is 12.5. The third kappa shape index (κ3) is 5.61. The molecule has 1 aliphatic rings. The molecule has 0 fully saturated rings. The number of rotatable bonds is 8. The van der Waals surface area contributed by atoms with Crippen molar-refractivity contribution in [2.45, 2.75) is 29.6 Å². The lowest BCUT2D eigenvalue weighted by Crippen LogP contribution is -2.36. The van der Waals surface area contributed by atoms with Crippen molar-refractivity contribution in [3.05, 3.63) is 53.7 Å². The van der Waals surface area contributed by atoms with Crippen molar-refractivity contribution in [1.82, 2.24) is 9.97 Å². The number of carbonyl (C=O) groups excluding carboxylic acids is 1. The van der Waals surface area contributed by atoms with Crippen molar-refractivity contribution in [2.75, 3.05) is 27.8 Å². The molecule has 178 valence electrons. The maximum Gasteiger partial charge on any atom is 0.238 e. The highest BCUT2D eigenvalue weighted by atomic mass is 35.5. The number of nitrogens with two attached hydrogens (primary N) is 1. The summed E-state index contributed by atoms with van der Waals surface area (Å²) in [5.74, 6) is 1.19. The first-order valence-corrected chi connectivity index (χ1v) is 13.4. The highest BCUT2D eigenvalue weighted by molar-refractivity contribution is 8.00. The monoisotopic (exact) mass is 518 g/mol. The fourth-order valence-electron chi connectivity index (χ4n) is 3.35. The molecule has 4 rings (SSSR count). The Balaban J connectivity index is 1.55. The Morgan fingerprint density at radius 2 is 1.88 bits per heavy atom. The molecule has 1 aromatic heterocycles. The first-order valence-electron chi connectivity index (χ1n) is 10.5. The fourth-order valence-corrected chi connectivity index (χ4v) is 4.92. The lowest BCUT2D eigenvalue weighted by Gasteiger charge is -2.29. The average molecular weight is 519 g/mol. The van der Waals surface area contributed by atoms with E-state index in [9.17, 15) is 13.2 Å². The molecular formula is C22H23ClN6O3S2. The van der Waals surface area contributed by atoms with E-state index in [4.69, 9.17) is 16.7 Å². The van der Waals surface area contributed by atoms with Crippen LogP contribution in [0.2, 0.25) is 5.02 Å². The summed E-state index contributed by atoms with van der Waals surface area (Å²) in [7, 11) is -3.77. The second-order valence-corrected chi connectivity index (χ2v) is 10.6. The second kappa shape index (κ2) is 10.2. The van der Waals surface area contributed by atoms with Crippen LogP contribution in [0.3, 0.4) is 0 Å². The number of nitrogens with zero attached hydrogens (tertiary/aromatic N) is 3. The van der Waals surface area contributed by atoms with Gasteiger partial charge in [0.25, 0.3) is 0 Å². The van der Waals surface area contributed by atoms with Gasteiger partial charge in [0.2, 0.25) is 21.9 Å². The van der Waals surface area contributed by atoms with Crippen LogP contribution in [0.4, 0.5) is 28.8 Å². The smallest absolute Gasteiger partial charge is 0.238 e. The molecule has 0 spiro atoms. The van der Waals surface area contributed by atoms with Crippen LogP contribution < -0.4 is 20.7 Å². The van der Waals surface area contributed by atoms with Gasteiger partial charge >= 0.3 is 0 Å². The third-order valence-corrected chi connectivity index (χ3v) is 7.34. The molecule has 12 heteroatoms. The van der Waals surface area contributed by atoms with Crippen LogP contribution in [0.5, 0.6) is 0 Å². The predicted octanol–water partition coefficient (Wildman–Crippen LogP) is 4.50. The van der Waals surface area contributed by atoms with E-state index in [0.717, 1.165) is 29.1 Å². The van der Waals surface area contributed by atoms with E-state index in [0.29, 0.717) is 28.8 Å². The summed E-state index contributed by atoms with van der Waals surface area (Å²) in [4.78, 5) is 24.0. The van der Waals surface area contributed by atoms with Gasteiger partial charge in [-0.2, -0.15) is 4.98 Å². The number of carbonyl (C=O) groups is 1. The molecule has 0 bridgehead atoms. The Kier molecular flexibility index (Phi) is 7.27. The van der Waals surface area contributed by atoms with Crippen molar-refractivity contribution in [1.29, 1.82) is 0 Å². The number of amides is 1. The lowest BCUT2D eigenvalue weighted by atomic mass is 10.2. The molecule has 3 aromatic rings. The van der Waals surface area contributed by atoms with Gasteiger partial charge in [-0.1, -0.05) is 24.9 Å². The number of primary sulfonamides is 1. The van der Waals surface area contributed by atoms with E-state index in [1.54, 1.807) is 12.1 Å². The Bertz CT molecular complexity index is 1320. The van der Waals surface area contributed by atoms with Crippen LogP contribution in [0.15, 0.2) is 58.5 Å². The van der Waals surface area contributed by atoms with Gasteiger partial charge in [0.1, 0.15) is 5.02 Å².